The van der Waals surface area contributed by atoms with Crippen LogP contribution in [0.4, 0.5) is 4.39 Å². The maximum absolute atomic E-state index is 13.4. The van der Waals surface area contributed by atoms with E-state index in [0.717, 1.165) is 16.7 Å². The Kier molecular flexibility index (Phi) is 5.93. The largest absolute Gasteiger partial charge is 0.342 e. The minimum absolute atomic E-state index is 0.196. The lowest BCUT2D eigenvalue weighted by Gasteiger charge is -2.47. The first-order valence-electron chi connectivity index (χ1n) is 10.1. The van der Waals surface area contributed by atoms with Crippen molar-refractivity contribution in [3.63, 3.8) is 0 Å². The van der Waals surface area contributed by atoms with Gasteiger partial charge in [0.05, 0.1) is 11.6 Å². The molecule has 1 saturated heterocycles. The van der Waals surface area contributed by atoms with Crippen molar-refractivity contribution in [2.75, 3.05) is 7.05 Å². The summed E-state index contributed by atoms with van der Waals surface area (Å²) in [6.45, 7) is 5.63. The van der Waals surface area contributed by atoms with Crippen LogP contribution in [-0.4, -0.2) is 35.3 Å². The number of nitriles is 1. The van der Waals surface area contributed by atoms with Crippen molar-refractivity contribution in [3.05, 3.63) is 70.5 Å². The van der Waals surface area contributed by atoms with Gasteiger partial charge in [0.2, 0.25) is 11.8 Å². The third-order valence-corrected chi connectivity index (χ3v) is 6.34. The predicted molar refractivity (Wildman–Crippen MR) is 112 cm³/mol. The summed E-state index contributed by atoms with van der Waals surface area (Å²) in [5.74, 6) is -1.14. The fourth-order valence-corrected chi connectivity index (χ4v) is 4.46. The number of likely N-dealkylation sites (N-methyl/N-ethyl adjacent to an activating group) is 1. The van der Waals surface area contributed by atoms with Crippen LogP contribution in [0.5, 0.6) is 0 Å². The Bertz CT molecular complexity index is 1010. The number of benzene rings is 2. The highest BCUT2D eigenvalue weighted by molar-refractivity contribution is 6.00. The van der Waals surface area contributed by atoms with E-state index in [1.165, 1.54) is 17.0 Å². The molecule has 1 N–H and O–H groups in total. The van der Waals surface area contributed by atoms with Crippen LogP contribution in [0, 0.1) is 24.1 Å². The number of carbonyl (C=O) groups excluding carboxylic acids is 2. The first-order valence-corrected chi connectivity index (χ1v) is 10.1. The van der Waals surface area contributed by atoms with Crippen LogP contribution >= 0.6 is 0 Å². The third kappa shape index (κ3) is 3.56. The summed E-state index contributed by atoms with van der Waals surface area (Å²) in [6, 6.07) is 12.8. The molecule has 0 aliphatic carbocycles. The average molecular weight is 407 g/mol. The lowest BCUT2D eigenvalue weighted by atomic mass is 9.79. The SMILES string of the molecule is CCC1(Cc2ccc(F)cc2)C(=O)NC(C(C)c2c(C)cccc2C#N)C(=O)N1C. The Balaban J connectivity index is 1.94. The van der Waals surface area contributed by atoms with Gasteiger partial charge >= 0.3 is 0 Å². The molecule has 3 atom stereocenters. The molecule has 0 aromatic heterocycles. The minimum Gasteiger partial charge on any atom is -0.342 e. The first kappa shape index (κ1) is 21.5. The topological polar surface area (TPSA) is 73.2 Å². The number of amides is 2. The van der Waals surface area contributed by atoms with Gasteiger partial charge in [-0.1, -0.05) is 38.1 Å². The standard InChI is InChI=1S/C24H26FN3O2/c1-5-24(13-17-9-11-19(25)12-10-17)23(30)27-21(22(29)28(24)4)16(3)20-15(2)7-6-8-18(20)14-26/h6-12,16,21H,5,13H2,1-4H3,(H,27,30). The van der Waals surface area contributed by atoms with Crippen molar-refractivity contribution in [1.29, 1.82) is 5.26 Å². The van der Waals surface area contributed by atoms with Crippen LogP contribution in [0.25, 0.3) is 0 Å². The van der Waals surface area contributed by atoms with Gasteiger partial charge in [-0.25, -0.2) is 4.39 Å². The fraction of sp³-hybridized carbons (Fsp3) is 0.375. The van der Waals surface area contributed by atoms with Crippen LogP contribution in [0.3, 0.4) is 0 Å². The van der Waals surface area contributed by atoms with Crippen molar-refractivity contribution < 1.29 is 14.0 Å². The van der Waals surface area contributed by atoms with E-state index in [9.17, 15) is 19.2 Å². The van der Waals surface area contributed by atoms with Crippen molar-refractivity contribution >= 4 is 11.8 Å². The second-order valence-corrected chi connectivity index (χ2v) is 7.97. The number of rotatable bonds is 5. The summed E-state index contributed by atoms with van der Waals surface area (Å²) in [5, 5.41) is 12.4. The van der Waals surface area contributed by atoms with Crippen LogP contribution in [-0.2, 0) is 16.0 Å². The molecule has 3 rings (SSSR count). The van der Waals surface area contributed by atoms with Gasteiger partial charge in [-0.3, -0.25) is 9.59 Å². The predicted octanol–water partition coefficient (Wildman–Crippen LogP) is 3.46. The van der Waals surface area contributed by atoms with Crippen molar-refractivity contribution in [1.82, 2.24) is 10.2 Å². The molecular formula is C24H26FN3O2. The maximum atomic E-state index is 13.4. The summed E-state index contributed by atoms with van der Waals surface area (Å²) in [4.78, 5) is 28.2. The molecule has 1 aliphatic rings. The van der Waals surface area contributed by atoms with E-state index >= 15 is 0 Å². The molecule has 5 nitrogen and oxygen atoms in total. The number of halogens is 1. The molecule has 1 fully saturated rings. The molecule has 2 aromatic carbocycles. The monoisotopic (exact) mass is 407 g/mol. The van der Waals surface area contributed by atoms with E-state index in [1.807, 2.05) is 32.9 Å². The van der Waals surface area contributed by atoms with Crippen LogP contribution in [0.2, 0.25) is 0 Å². The summed E-state index contributed by atoms with van der Waals surface area (Å²) >= 11 is 0. The number of hydrogen-bond acceptors (Lipinski definition) is 3. The zero-order valence-corrected chi connectivity index (χ0v) is 17.7. The van der Waals surface area contributed by atoms with E-state index < -0.39 is 11.6 Å². The van der Waals surface area contributed by atoms with E-state index in [1.54, 1.807) is 25.2 Å². The quantitative estimate of drug-likeness (QED) is 0.825. The molecule has 30 heavy (non-hydrogen) atoms. The zero-order chi connectivity index (χ0) is 22.1. The highest BCUT2D eigenvalue weighted by Gasteiger charge is 2.51. The lowest BCUT2D eigenvalue weighted by molar-refractivity contribution is -0.156. The Labute approximate surface area is 176 Å². The summed E-state index contributed by atoms with van der Waals surface area (Å²) in [5.41, 5.74) is 1.92. The van der Waals surface area contributed by atoms with Gasteiger partial charge in [0.15, 0.2) is 0 Å². The van der Waals surface area contributed by atoms with Crippen molar-refractivity contribution in [2.45, 2.75) is 51.1 Å². The Morgan fingerprint density at radius 1 is 1.23 bits per heavy atom. The highest BCUT2D eigenvalue weighted by Crippen LogP contribution is 2.34. The van der Waals surface area contributed by atoms with E-state index in [0.29, 0.717) is 18.4 Å². The number of nitrogens with one attached hydrogen (secondary N) is 1. The first-order chi connectivity index (χ1) is 14.2. The van der Waals surface area contributed by atoms with Gasteiger partial charge < -0.3 is 10.2 Å². The molecule has 0 bridgehead atoms. The molecule has 3 unspecified atom stereocenters. The molecule has 0 spiro atoms. The minimum atomic E-state index is -1.05. The molecule has 2 aromatic rings. The summed E-state index contributed by atoms with van der Waals surface area (Å²) in [7, 11) is 1.65. The van der Waals surface area contributed by atoms with Gasteiger partial charge in [-0.05, 0) is 48.2 Å². The fourth-order valence-electron chi connectivity index (χ4n) is 4.46. The van der Waals surface area contributed by atoms with E-state index in [4.69, 9.17) is 0 Å². The van der Waals surface area contributed by atoms with Gasteiger partial charge in [-0.2, -0.15) is 5.26 Å². The zero-order valence-electron chi connectivity index (χ0n) is 17.7. The van der Waals surface area contributed by atoms with Gasteiger partial charge in [0.1, 0.15) is 17.4 Å². The molecule has 156 valence electrons. The number of nitrogens with zero attached hydrogens (tertiary/aromatic N) is 2. The van der Waals surface area contributed by atoms with Crippen LogP contribution < -0.4 is 5.32 Å². The van der Waals surface area contributed by atoms with Crippen LogP contribution in [0.15, 0.2) is 42.5 Å². The van der Waals surface area contributed by atoms with Crippen molar-refractivity contribution in [2.24, 2.45) is 0 Å². The highest BCUT2D eigenvalue weighted by atomic mass is 19.1. The second kappa shape index (κ2) is 8.27. The molecule has 0 radical (unpaired) electrons. The Hall–Kier alpha value is -3.20. The Morgan fingerprint density at radius 3 is 2.50 bits per heavy atom. The Morgan fingerprint density at radius 2 is 1.90 bits per heavy atom. The second-order valence-electron chi connectivity index (χ2n) is 7.97. The smallest absolute Gasteiger partial charge is 0.246 e. The van der Waals surface area contributed by atoms with Gasteiger partial charge in [0.25, 0.3) is 0 Å². The lowest BCUT2D eigenvalue weighted by Crippen LogP contribution is -2.71. The van der Waals surface area contributed by atoms with Crippen molar-refractivity contribution in [3.8, 4) is 6.07 Å². The van der Waals surface area contributed by atoms with E-state index in [2.05, 4.69) is 11.4 Å². The van der Waals surface area contributed by atoms with Crippen LogP contribution in [0.1, 0.15) is 48.4 Å². The molecule has 1 heterocycles. The summed E-state index contributed by atoms with van der Waals surface area (Å²) < 4.78 is 13.3. The number of hydrogen-bond donors (Lipinski definition) is 1. The summed E-state index contributed by atoms with van der Waals surface area (Å²) in [6.07, 6.45) is 0.722. The molecular weight excluding hydrogens is 381 g/mol. The average Bonchev–Trinajstić information content (AvgIpc) is 2.74. The number of piperazine rings is 1. The number of aryl methyl sites for hydroxylation is 1. The van der Waals surface area contributed by atoms with Gasteiger partial charge in [0, 0.05) is 19.4 Å². The molecule has 6 heteroatoms. The maximum Gasteiger partial charge on any atom is 0.246 e. The third-order valence-electron chi connectivity index (χ3n) is 6.34. The normalized spacial score (nSPS) is 22.4. The molecule has 2 amide bonds. The van der Waals surface area contributed by atoms with Gasteiger partial charge in [-0.15, -0.1) is 0 Å². The molecule has 0 saturated carbocycles. The number of carbonyl (C=O) groups is 2. The molecule has 1 aliphatic heterocycles. The van der Waals surface area contributed by atoms with E-state index in [-0.39, 0.29) is 23.5 Å².